The van der Waals surface area contributed by atoms with Crippen LogP contribution in [0.25, 0.3) is 22.2 Å². The summed E-state index contributed by atoms with van der Waals surface area (Å²) >= 11 is 0. The molecule has 1 aromatic heterocycles. The van der Waals surface area contributed by atoms with E-state index in [1.54, 1.807) is 7.11 Å². The fourth-order valence-corrected chi connectivity index (χ4v) is 4.27. The molecule has 2 N–H and O–H groups in total. The lowest BCUT2D eigenvalue weighted by atomic mass is 9.92. The van der Waals surface area contributed by atoms with E-state index in [4.69, 9.17) is 9.47 Å². The monoisotopic (exact) mass is 446 g/mol. The van der Waals surface area contributed by atoms with Crippen molar-refractivity contribution in [2.24, 2.45) is 0 Å². The lowest BCUT2D eigenvalue weighted by Gasteiger charge is -2.30. The molecule has 0 atom stereocenters. The van der Waals surface area contributed by atoms with Gasteiger partial charge in [-0.25, -0.2) is 4.79 Å². The van der Waals surface area contributed by atoms with Gasteiger partial charge in [0.1, 0.15) is 11.8 Å². The SMILES string of the molecule is CCOc1ccc2c(C#N)c(-c3ccc(NC(=O)NCCCOC)cc3)n(C3CCC3)c2c1. The van der Waals surface area contributed by atoms with Gasteiger partial charge in [-0.3, -0.25) is 0 Å². The number of hydrogen-bond donors (Lipinski definition) is 2. The standard InChI is InChI=1S/C26H30N4O3/c1-3-33-21-12-13-22-23(17-27)25(30(24(22)16-21)20-6-4-7-20)18-8-10-19(11-9-18)29-26(31)28-14-5-15-32-2/h8-13,16,20H,3-7,14-15H2,1-2H3,(H2,28,29,31). The number of rotatable bonds is 9. The van der Waals surface area contributed by atoms with Gasteiger partial charge in [-0.1, -0.05) is 12.1 Å². The minimum absolute atomic E-state index is 0.247. The molecular formula is C26H30N4O3. The molecule has 0 radical (unpaired) electrons. The molecule has 4 rings (SSSR count). The molecule has 2 amide bonds. The molecule has 2 aromatic carbocycles. The van der Waals surface area contributed by atoms with Crippen LogP contribution in [0.15, 0.2) is 42.5 Å². The average Bonchev–Trinajstić information content (AvgIpc) is 3.10. The van der Waals surface area contributed by atoms with Gasteiger partial charge in [-0.05, 0) is 62.4 Å². The van der Waals surface area contributed by atoms with Crippen LogP contribution in [0.4, 0.5) is 10.5 Å². The van der Waals surface area contributed by atoms with Crippen molar-refractivity contribution in [2.75, 3.05) is 32.2 Å². The third kappa shape index (κ3) is 4.81. The molecule has 0 aliphatic heterocycles. The number of anilines is 1. The molecular weight excluding hydrogens is 416 g/mol. The van der Waals surface area contributed by atoms with E-state index in [0.717, 1.165) is 47.2 Å². The highest BCUT2D eigenvalue weighted by Crippen LogP contribution is 2.43. The zero-order chi connectivity index (χ0) is 23.2. The quantitative estimate of drug-likeness (QED) is 0.427. The number of ether oxygens (including phenoxy) is 2. The highest BCUT2D eigenvalue weighted by Gasteiger charge is 2.28. The van der Waals surface area contributed by atoms with Crippen LogP contribution >= 0.6 is 0 Å². The largest absolute Gasteiger partial charge is 0.494 e. The van der Waals surface area contributed by atoms with E-state index in [1.165, 1.54) is 6.42 Å². The van der Waals surface area contributed by atoms with E-state index in [-0.39, 0.29) is 6.03 Å². The molecule has 1 aliphatic rings. The van der Waals surface area contributed by atoms with Gasteiger partial charge in [0.2, 0.25) is 0 Å². The molecule has 1 saturated carbocycles. The number of aromatic nitrogens is 1. The van der Waals surface area contributed by atoms with Gasteiger partial charge in [-0.2, -0.15) is 5.26 Å². The van der Waals surface area contributed by atoms with E-state index in [2.05, 4.69) is 21.3 Å². The van der Waals surface area contributed by atoms with Gasteiger partial charge in [0.25, 0.3) is 0 Å². The van der Waals surface area contributed by atoms with Gasteiger partial charge in [0.05, 0.1) is 23.4 Å². The molecule has 0 spiro atoms. The van der Waals surface area contributed by atoms with Crippen LogP contribution in [0.3, 0.4) is 0 Å². The summed E-state index contributed by atoms with van der Waals surface area (Å²) in [6.45, 7) is 3.73. The second-order valence-electron chi connectivity index (χ2n) is 8.21. The van der Waals surface area contributed by atoms with Crippen LogP contribution < -0.4 is 15.4 Å². The molecule has 1 heterocycles. The Morgan fingerprint density at radius 2 is 2.00 bits per heavy atom. The second-order valence-corrected chi connectivity index (χ2v) is 8.21. The third-order valence-electron chi connectivity index (χ3n) is 6.07. The third-order valence-corrected chi connectivity index (χ3v) is 6.07. The zero-order valence-electron chi connectivity index (χ0n) is 19.2. The van der Waals surface area contributed by atoms with Gasteiger partial charge in [-0.15, -0.1) is 0 Å². The van der Waals surface area contributed by atoms with E-state index >= 15 is 0 Å². The van der Waals surface area contributed by atoms with Gasteiger partial charge >= 0.3 is 6.03 Å². The number of nitriles is 1. The Bertz CT molecular complexity index is 1160. The number of urea groups is 1. The summed E-state index contributed by atoms with van der Waals surface area (Å²) in [6, 6.07) is 16.2. The first-order chi connectivity index (χ1) is 16.2. The summed E-state index contributed by atoms with van der Waals surface area (Å²) in [5.41, 5.74) is 4.30. The fourth-order valence-electron chi connectivity index (χ4n) is 4.27. The van der Waals surface area contributed by atoms with Crippen molar-refractivity contribution >= 4 is 22.6 Å². The van der Waals surface area contributed by atoms with E-state index in [0.29, 0.717) is 37.1 Å². The Morgan fingerprint density at radius 3 is 2.64 bits per heavy atom. The highest BCUT2D eigenvalue weighted by molar-refractivity contribution is 5.96. The number of nitrogens with one attached hydrogen (secondary N) is 2. The van der Waals surface area contributed by atoms with Crippen LogP contribution in [0.2, 0.25) is 0 Å². The summed E-state index contributed by atoms with van der Waals surface area (Å²) in [7, 11) is 1.64. The van der Waals surface area contributed by atoms with Crippen molar-refractivity contribution in [3.63, 3.8) is 0 Å². The van der Waals surface area contributed by atoms with Crippen LogP contribution in [0.1, 0.15) is 44.2 Å². The van der Waals surface area contributed by atoms with Crippen LogP contribution in [0.5, 0.6) is 5.75 Å². The zero-order valence-corrected chi connectivity index (χ0v) is 19.2. The smallest absolute Gasteiger partial charge is 0.319 e. The van der Waals surface area contributed by atoms with Crippen LogP contribution in [-0.2, 0) is 4.74 Å². The first kappa shape index (κ1) is 22.7. The minimum Gasteiger partial charge on any atom is -0.494 e. The van der Waals surface area contributed by atoms with E-state index in [1.807, 2.05) is 49.4 Å². The summed E-state index contributed by atoms with van der Waals surface area (Å²) < 4.78 is 13.0. The Balaban J connectivity index is 1.64. The molecule has 0 bridgehead atoms. The van der Waals surface area contributed by atoms with Gasteiger partial charge in [0.15, 0.2) is 0 Å². The average molecular weight is 447 g/mol. The second kappa shape index (κ2) is 10.4. The molecule has 1 fully saturated rings. The van der Waals surface area contributed by atoms with Crippen molar-refractivity contribution in [1.29, 1.82) is 5.26 Å². The highest BCUT2D eigenvalue weighted by atomic mass is 16.5. The normalized spacial score (nSPS) is 13.4. The maximum atomic E-state index is 12.1. The lowest BCUT2D eigenvalue weighted by molar-refractivity contribution is 0.194. The Labute approximate surface area is 194 Å². The summed E-state index contributed by atoms with van der Waals surface area (Å²) in [4.78, 5) is 12.1. The molecule has 0 saturated heterocycles. The van der Waals surface area contributed by atoms with Crippen molar-refractivity contribution in [3.8, 4) is 23.1 Å². The molecule has 1 aliphatic carbocycles. The molecule has 0 unspecified atom stereocenters. The maximum Gasteiger partial charge on any atom is 0.319 e. The summed E-state index contributed by atoms with van der Waals surface area (Å²) in [5, 5.41) is 16.7. The molecule has 7 nitrogen and oxygen atoms in total. The van der Waals surface area contributed by atoms with E-state index < -0.39 is 0 Å². The molecule has 7 heteroatoms. The maximum absolute atomic E-state index is 12.1. The molecule has 33 heavy (non-hydrogen) atoms. The summed E-state index contributed by atoms with van der Waals surface area (Å²) in [6.07, 6.45) is 4.16. The van der Waals surface area contributed by atoms with Crippen molar-refractivity contribution in [3.05, 3.63) is 48.0 Å². The first-order valence-corrected chi connectivity index (χ1v) is 11.5. The van der Waals surface area contributed by atoms with Crippen molar-refractivity contribution in [1.82, 2.24) is 9.88 Å². The first-order valence-electron chi connectivity index (χ1n) is 11.5. The number of hydrogen-bond acceptors (Lipinski definition) is 4. The van der Waals surface area contributed by atoms with Crippen molar-refractivity contribution in [2.45, 2.75) is 38.6 Å². The Morgan fingerprint density at radius 1 is 1.21 bits per heavy atom. The molecule has 3 aromatic rings. The predicted molar refractivity (Wildman–Crippen MR) is 130 cm³/mol. The predicted octanol–water partition coefficient (Wildman–Crippen LogP) is 5.46. The number of carbonyl (C=O) groups is 1. The van der Waals surface area contributed by atoms with Crippen LogP contribution in [0, 0.1) is 11.3 Å². The van der Waals surface area contributed by atoms with E-state index in [9.17, 15) is 10.1 Å². The van der Waals surface area contributed by atoms with Crippen molar-refractivity contribution < 1.29 is 14.3 Å². The number of benzene rings is 2. The Hall–Kier alpha value is -3.50. The van der Waals surface area contributed by atoms with Gasteiger partial charge < -0.3 is 24.7 Å². The number of carbonyl (C=O) groups excluding carboxylic acids is 1. The van der Waals surface area contributed by atoms with Gasteiger partial charge in [0, 0.05) is 43.4 Å². The topological polar surface area (TPSA) is 88.3 Å². The fraction of sp³-hybridized carbons (Fsp3) is 0.385. The summed E-state index contributed by atoms with van der Waals surface area (Å²) in [5.74, 6) is 0.815. The number of nitrogens with zero attached hydrogens (tertiary/aromatic N) is 2. The molecule has 172 valence electrons. The Kier molecular flexibility index (Phi) is 7.16. The minimum atomic E-state index is -0.247. The lowest BCUT2D eigenvalue weighted by Crippen LogP contribution is -2.30. The number of fused-ring (bicyclic) bond motifs is 1. The van der Waals surface area contributed by atoms with Crippen LogP contribution in [-0.4, -0.2) is 37.5 Å². The number of methoxy groups -OCH3 is 1. The number of amides is 2.